The molecule has 2 aromatic heterocycles. The molecule has 0 saturated carbocycles. The Morgan fingerprint density at radius 2 is 1.82 bits per heavy atom. The molecule has 5 rings (SSSR count). The van der Waals surface area contributed by atoms with Gasteiger partial charge in [-0.3, -0.25) is 19.7 Å². The molecule has 4 aromatic rings. The van der Waals surface area contributed by atoms with Gasteiger partial charge in [0.15, 0.2) is 0 Å². The average Bonchev–Trinajstić information content (AvgIpc) is 3.67. The van der Waals surface area contributed by atoms with Crippen molar-refractivity contribution in [3.8, 4) is 0 Å². The highest BCUT2D eigenvalue weighted by Crippen LogP contribution is 2.27. The van der Waals surface area contributed by atoms with Crippen LogP contribution in [0.1, 0.15) is 49.0 Å². The van der Waals surface area contributed by atoms with Crippen LogP contribution in [-0.2, 0) is 11.3 Å². The molecule has 0 atom stereocenters. The number of nitrogens with zero attached hydrogens (tertiary/aromatic N) is 4. The largest absolute Gasteiger partial charge is 0.477 e. The zero-order chi connectivity index (χ0) is 27.5. The highest BCUT2D eigenvalue weighted by atomic mass is 32.1. The number of amides is 3. The number of aromatic nitrogens is 2. The Labute approximate surface area is 228 Å². The Bertz CT molecular complexity index is 1560. The van der Waals surface area contributed by atoms with Crippen LogP contribution in [0.2, 0.25) is 0 Å². The van der Waals surface area contributed by atoms with Crippen LogP contribution in [-0.4, -0.2) is 63.4 Å². The molecule has 0 radical (unpaired) electrons. The van der Waals surface area contributed by atoms with E-state index >= 15 is 0 Å². The van der Waals surface area contributed by atoms with Gasteiger partial charge in [-0.25, -0.2) is 9.78 Å². The van der Waals surface area contributed by atoms with Gasteiger partial charge < -0.3 is 19.5 Å². The number of hydrogen-bond donors (Lipinski definition) is 2. The van der Waals surface area contributed by atoms with Crippen molar-refractivity contribution in [2.75, 3.05) is 30.4 Å². The molecule has 200 valence electrons. The number of thiophene rings is 1. The van der Waals surface area contributed by atoms with E-state index in [4.69, 9.17) is 0 Å². The number of likely N-dealkylation sites (tertiary alicyclic amines) is 1. The first kappa shape index (κ1) is 26.1. The second kappa shape index (κ2) is 11.1. The predicted molar refractivity (Wildman–Crippen MR) is 149 cm³/mol. The van der Waals surface area contributed by atoms with Gasteiger partial charge in [0.05, 0.1) is 15.9 Å². The van der Waals surface area contributed by atoms with Crippen molar-refractivity contribution < 1.29 is 24.3 Å². The maximum atomic E-state index is 13.0. The zero-order valence-corrected chi connectivity index (χ0v) is 22.1. The van der Waals surface area contributed by atoms with Gasteiger partial charge in [-0.1, -0.05) is 18.2 Å². The van der Waals surface area contributed by atoms with Gasteiger partial charge in [-0.15, -0.1) is 11.3 Å². The molecule has 39 heavy (non-hydrogen) atoms. The second-order valence-corrected chi connectivity index (χ2v) is 10.3. The van der Waals surface area contributed by atoms with Gasteiger partial charge >= 0.3 is 5.97 Å². The third-order valence-electron chi connectivity index (χ3n) is 6.69. The Morgan fingerprint density at radius 1 is 1.05 bits per heavy atom. The number of carbonyl (C=O) groups is 4. The van der Waals surface area contributed by atoms with Gasteiger partial charge in [0.25, 0.3) is 11.8 Å². The van der Waals surface area contributed by atoms with Crippen LogP contribution in [0, 0.1) is 0 Å². The lowest BCUT2D eigenvalue weighted by Gasteiger charge is -2.18. The van der Waals surface area contributed by atoms with E-state index in [0.717, 1.165) is 29.8 Å². The van der Waals surface area contributed by atoms with Crippen molar-refractivity contribution in [3.05, 3.63) is 76.0 Å². The number of carboxylic acids is 1. The van der Waals surface area contributed by atoms with Crippen LogP contribution >= 0.6 is 11.3 Å². The Hall–Kier alpha value is -4.51. The fraction of sp³-hybridized carbons (Fsp3) is 0.250. The third-order valence-corrected chi connectivity index (χ3v) is 7.76. The SMILES string of the molecule is CN(C(=O)c1ccccc1)c1ccc2c(c1)nc(NC(=O)c1ccc(C(=O)O)s1)n2CCCN1CCCC1=O. The van der Waals surface area contributed by atoms with Crippen molar-refractivity contribution in [1.82, 2.24) is 14.5 Å². The predicted octanol–water partition coefficient (Wildman–Crippen LogP) is 4.34. The van der Waals surface area contributed by atoms with E-state index in [2.05, 4.69) is 10.3 Å². The van der Waals surface area contributed by atoms with E-state index in [1.807, 2.05) is 39.8 Å². The number of anilines is 2. The minimum atomic E-state index is -1.09. The van der Waals surface area contributed by atoms with Crippen LogP contribution < -0.4 is 10.2 Å². The molecule has 0 aliphatic carbocycles. The monoisotopic (exact) mass is 545 g/mol. The summed E-state index contributed by atoms with van der Waals surface area (Å²) < 4.78 is 1.88. The number of hydrogen-bond acceptors (Lipinski definition) is 6. The Kier molecular flexibility index (Phi) is 7.42. The van der Waals surface area contributed by atoms with Gasteiger partial charge in [-0.05, 0) is 55.3 Å². The van der Waals surface area contributed by atoms with Crippen molar-refractivity contribution >= 4 is 57.7 Å². The first-order chi connectivity index (χ1) is 18.8. The van der Waals surface area contributed by atoms with Crippen LogP contribution in [0.25, 0.3) is 11.0 Å². The Morgan fingerprint density at radius 3 is 2.51 bits per heavy atom. The fourth-order valence-corrected chi connectivity index (χ4v) is 5.38. The number of imidazole rings is 1. The first-order valence-corrected chi connectivity index (χ1v) is 13.4. The maximum absolute atomic E-state index is 13.0. The van der Waals surface area contributed by atoms with E-state index in [-0.39, 0.29) is 21.6 Å². The fourth-order valence-electron chi connectivity index (χ4n) is 4.64. The molecule has 2 aromatic carbocycles. The zero-order valence-electron chi connectivity index (χ0n) is 21.3. The molecule has 0 unspecified atom stereocenters. The van der Waals surface area contributed by atoms with Crippen LogP contribution in [0.15, 0.2) is 60.7 Å². The molecule has 1 aliphatic heterocycles. The molecular weight excluding hydrogens is 518 g/mol. The van der Waals surface area contributed by atoms with Crippen LogP contribution in [0.4, 0.5) is 11.6 Å². The smallest absolute Gasteiger partial charge is 0.345 e. The number of aromatic carboxylic acids is 1. The van der Waals surface area contributed by atoms with Crippen LogP contribution in [0.5, 0.6) is 0 Å². The summed E-state index contributed by atoms with van der Waals surface area (Å²) in [6.45, 7) is 1.85. The summed E-state index contributed by atoms with van der Waals surface area (Å²) in [5, 5.41) is 12.0. The summed E-state index contributed by atoms with van der Waals surface area (Å²) in [7, 11) is 1.69. The molecule has 1 fully saturated rings. The molecule has 3 amide bonds. The summed E-state index contributed by atoms with van der Waals surface area (Å²) in [5.41, 5.74) is 2.56. The third kappa shape index (κ3) is 5.53. The molecular formula is C28H27N5O5S. The summed E-state index contributed by atoms with van der Waals surface area (Å²) in [6.07, 6.45) is 2.11. The molecule has 11 heteroatoms. The normalized spacial score (nSPS) is 13.2. The van der Waals surface area contributed by atoms with Gasteiger partial charge in [0, 0.05) is 44.4 Å². The number of nitrogens with one attached hydrogen (secondary N) is 1. The summed E-state index contributed by atoms with van der Waals surface area (Å²) in [4.78, 5) is 57.6. The lowest BCUT2D eigenvalue weighted by molar-refractivity contribution is -0.127. The lowest BCUT2D eigenvalue weighted by Crippen LogP contribution is -2.26. The van der Waals surface area contributed by atoms with E-state index in [0.29, 0.717) is 48.6 Å². The van der Waals surface area contributed by atoms with E-state index in [9.17, 15) is 24.3 Å². The lowest BCUT2D eigenvalue weighted by atomic mass is 10.2. The number of fused-ring (bicyclic) bond motifs is 1. The van der Waals surface area contributed by atoms with Gasteiger partial charge in [0.2, 0.25) is 11.9 Å². The second-order valence-electron chi connectivity index (χ2n) is 9.25. The van der Waals surface area contributed by atoms with Crippen molar-refractivity contribution in [3.63, 3.8) is 0 Å². The molecule has 0 spiro atoms. The minimum Gasteiger partial charge on any atom is -0.477 e. The average molecular weight is 546 g/mol. The highest BCUT2D eigenvalue weighted by Gasteiger charge is 2.22. The Balaban J connectivity index is 1.43. The number of benzene rings is 2. The van der Waals surface area contributed by atoms with Gasteiger partial charge in [0.1, 0.15) is 4.88 Å². The van der Waals surface area contributed by atoms with E-state index in [1.54, 1.807) is 30.1 Å². The summed E-state index contributed by atoms with van der Waals surface area (Å²) >= 11 is 0.887. The summed E-state index contributed by atoms with van der Waals surface area (Å²) in [5.74, 6) is -1.26. The number of carboxylic acid groups (broad SMARTS) is 1. The molecule has 0 bridgehead atoms. The molecule has 2 N–H and O–H groups in total. The maximum Gasteiger partial charge on any atom is 0.345 e. The first-order valence-electron chi connectivity index (χ1n) is 12.6. The standard InChI is InChI=1S/C28H27N5O5S/c1-31(26(36)18-7-3-2-4-8-18)19-10-11-21-20(17-19)29-28(30-25(35)22-12-13-23(39-22)27(37)38)33(21)16-6-15-32-14-5-9-24(32)34/h2-4,7-8,10-13,17H,5-6,9,14-16H2,1H3,(H,37,38)(H,29,30,35). The minimum absolute atomic E-state index is 0.0692. The summed E-state index contributed by atoms with van der Waals surface area (Å²) in [6, 6.07) is 17.3. The number of rotatable bonds is 9. The van der Waals surface area contributed by atoms with Gasteiger partial charge in [-0.2, -0.15) is 0 Å². The molecule has 10 nitrogen and oxygen atoms in total. The number of carbonyl (C=O) groups excluding carboxylic acids is 3. The van der Waals surface area contributed by atoms with E-state index in [1.165, 1.54) is 12.1 Å². The van der Waals surface area contributed by atoms with Crippen molar-refractivity contribution in [2.24, 2.45) is 0 Å². The number of aryl methyl sites for hydroxylation is 1. The van der Waals surface area contributed by atoms with Crippen molar-refractivity contribution in [1.29, 1.82) is 0 Å². The topological polar surface area (TPSA) is 125 Å². The van der Waals surface area contributed by atoms with Crippen LogP contribution in [0.3, 0.4) is 0 Å². The highest BCUT2D eigenvalue weighted by molar-refractivity contribution is 7.15. The van der Waals surface area contributed by atoms with Crippen molar-refractivity contribution in [2.45, 2.75) is 25.8 Å². The van der Waals surface area contributed by atoms with E-state index < -0.39 is 11.9 Å². The molecule has 3 heterocycles. The molecule has 1 aliphatic rings. The quantitative estimate of drug-likeness (QED) is 0.322. The molecule has 1 saturated heterocycles.